The van der Waals surface area contributed by atoms with Crippen LogP contribution in [0.25, 0.3) is 0 Å². The molecule has 0 amide bonds. The third-order valence-corrected chi connectivity index (χ3v) is 3.55. The zero-order valence-corrected chi connectivity index (χ0v) is 12.0. The maximum absolute atomic E-state index is 5.27. The zero-order valence-electron chi connectivity index (χ0n) is 11.0. The number of rotatable bonds is 4. The van der Waals surface area contributed by atoms with Gasteiger partial charge in [0.25, 0.3) is 0 Å². The molecule has 0 unspecified atom stereocenters. The summed E-state index contributed by atoms with van der Waals surface area (Å²) in [6.07, 6.45) is 3.29. The normalized spacial score (nSPS) is 12.1. The van der Waals surface area contributed by atoms with Gasteiger partial charge < -0.3 is 4.74 Å². The average Bonchev–Trinajstić information content (AvgIpc) is 2.14. The third kappa shape index (κ3) is 4.66. The summed E-state index contributed by atoms with van der Waals surface area (Å²) < 4.78 is 5.27. The summed E-state index contributed by atoms with van der Waals surface area (Å²) in [7, 11) is 0.660. The van der Waals surface area contributed by atoms with E-state index < -0.39 is 8.07 Å². The number of ether oxygens (including phenoxy) is 1. The van der Waals surface area contributed by atoms with Gasteiger partial charge in [-0.1, -0.05) is 37.5 Å². The molecule has 0 aromatic heterocycles. The van der Waals surface area contributed by atoms with Crippen LogP contribution >= 0.6 is 0 Å². The molecule has 1 nitrogen and oxygen atoms in total. The van der Waals surface area contributed by atoms with Crippen LogP contribution in [0.1, 0.15) is 11.1 Å². The van der Waals surface area contributed by atoms with Crippen molar-refractivity contribution in [2.24, 2.45) is 0 Å². The number of hydrogen-bond donors (Lipinski definition) is 0. The van der Waals surface area contributed by atoms with Crippen molar-refractivity contribution in [3.05, 3.63) is 41.1 Å². The summed E-state index contributed by atoms with van der Waals surface area (Å²) in [5.41, 5.74) is 4.98. The summed E-state index contributed by atoms with van der Waals surface area (Å²) in [6.45, 7) is 9.15. The molecule has 0 fully saturated rings. The van der Waals surface area contributed by atoms with Crippen LogP contribution in [0.2, 0.25) is 19.6 Å². The summed E-state index contributed by atoms with van der Waals surface area (Å²) in [6, 6.07) is 6.39. The smallest absolute Gasteiger partial charge is 0.119 e. The molecule has 0 saturated carbocycles. The van der Waals surface area contributed by atoms with Crippen LogP contribution in [0.3, 0.4) is 0 Å². The van der Waals surface area contributed by atoms with Gasteiger partial charge in [-0.2, -0.15) is 0 Å². The van der Waals surface area contributed by atoms with Gasteiger partial charge in [0.1, 0.15) is 5.75 Å². The van der Waals surface area contributed by atoms with E-state index in [4.69, 9.17) is 4.74 Å². The molecule has 0 heterocycles. The van der Waals surface area contributed by atoms with E-state index in [1.54, 1.807) is 7.11 Å². The Morgan fingerprint density at radius 3 is 2.44 bits per heavy atom. The molecule has 88 valence electrons. The Morgan fingerprint density at radius 1 is 1.19 bits per heavy atom. The molecule has 1 rings (SSSR count). The molecule has 0 aliphatic rings. The second-order valence-corrected chi connectivity index (χ2v) is 10.4. The van der Waals surface area contributed by atoms with Gasteiger partial charge in [-0.15, -0.1) is 0 Å². The third-order valence-electron chi connectivity index (χ3n) is 2.32. The number of benzene rings is 1. The molecular formula is C14H22OSi. The van der Waals surface area contributed by atoms with Crippen molar-refractivity contribution >= 4 is 8.07 Å². The summed E-state index contributed by atoms with van der Waals surface area (Å²) in [5.74, 6) is 0.955. The fourth-order valence-electron chi connectivity index (χ4n) is 1.61. The van der Waals surface area contributed by atoms with Crippen molar-refractivity contribution in [2.45, 2.75) is 33.0 Å². The van der Waals surface area contributed by atoms with E-state index in [1.165, 1.54) is 11.1 Å². The molecule has 0 aliphatic carbocycles. The Bertz CT molecular complexity index is 375. The molecule has 0 radical (unpaired) electrons. The Hall–Kier alpha value is -1.02. The quantitative estimate of drug-likeness (QED) is 0.716. The molecule has 1 aromatic carbocycles. The Morgan fingerprint density at radius 2 is 1.88 bits per heavy atom. The minimum atomic E-state index is -1.06. The Balaban J connectivity index is 2.74. The number of methoxy groups -OCH3 is 1. The van der Waals surface area contributed by atoms with Crippen LogP contribution in [-0.2, 0) is 6.42 Å². The van der Waals surface area contributed by atoms with Crippen LogP contribution < -0.4 is 4.74 Å². The maximum Gasteiger partial charge on any atom is 0.119 e. The van der Waals surface area contributed by atoms with Gasteiger partial charge in [-0.05, 0) is 36.6 Å². The van der Waals surface area contributed by atoms with Crippen molar-refractivity contribution in [2.75, 3.05) is 7.11 Å². The van der Waals surface area contributed by atoms with Crippen LogP contribution in [0.15, 0.2) is 30.0 Å². The summed E-state index contributed by atoms with van der Waals surface area (Å²) in [5, 5.41) is 0. The number of hydrogen-bond acceptors (Lipinski definition) is 1. The first-order valence-electron chi connectivity index (χ1n) is 5.73. The second-order valence-electron chi connectivity index (χ2n) is 5.33. The topological polar surface area (TPSA) is 9.23 Å². The minimum Gasteiger partial charge on any atom is -0.497 e. The van der Waals surface area contributed by atoms with Crippen LogP contribution in [0, 0.1) is 6.92 Å². The highest BCUT2D eigenvalue weighted by Gasteiger charge is 2.06. The predicted molar refractivity (Wildman–Crippen MR) is 73.9 cm³/mol. The van der Waals surface area contributed by atoms with Crippen LogP contribution in [-0.4, -0.2) is 15.2 Å². The highest BCUT2D eigenvalue weighted by molar-refractivity contribution is 6.80. The lowest BCUT2D eigenvalue weighted by Gasteiger charge is -2.09. The van der Waals surface area contributed by atoms with Gasteiger partial charge in [-0.3, -0.25) is 0 Å². The first-order chi connectivity index (χ1) is 7.40. The second kappa shape index (κ2) is 5.35. The molecule has 1 aromatic rings. The highest BCUT2D eigenvalue weighted by atomic mass is 28.3. The lowest BCUT2D eigenvalue weighted by molar-refractivity contribution is 0.414. The molecule has 2 heteroatoms. The fraction of sp³-hybridized carbons (Fsp3) is 0.429. The van der Waals surface area contributed by atoms with E-state index in [0.717, 1.165) is 12.2 Å². The molecule has 0 N–H and O–H groups in total. The zero-order chi connectivity index (χ0) is 12.2. The highest BCUT2D eigenvalue weighted by Crippen LogP contribution is 2.17. The van der Waals surface area contributed by atoms with Crippen molar-refractivity contribution in [3.8, 4) is 5.75 Å². The van der Waals surface area contributed by atoms with E-state index in [0.29, 0.717) is 0 Å². The maximum atomic E-state index is 5.27. The van der Waals surface area contributed by atoms with Gasteiger partial charge in [0.15, 0.2) is 0 Å². The molecular weight excluding hydrogens is 212 g/mol. The van der Waals surface area contributed by atoms with E-state index in [2.05, 4.69) is 56.5 Å². The minimum absolute atomic E-state index is 0.955. The summed E-state index contributed by atoms with van der Waals surface area (Å²) in [4.78, 5) is 0. The first-order valence-corrected chi connectivity index (χ1v) is 9.31. The fourth-order valence-corrected chi connectivity index (χ4v) is 2.43. The van der Waals surface area contributed by atoms with E-state index in [1.807, 2.05) is 0 Å². The van der Waals surface area contributed by atoms with Crippen molar-refractivity contribution < 1.29 is 4.74 Å². The van der Waals surface area contributed by atoms with Gasteiger partial charge in [0, 0.05) is 0 Å². The van der Waals surface area contributed by atoms with Gasteiger partial charge in [-0.25, -0.2) is 0 Å². The number of aryl methyl sites for hydroxylation is 1. The molecule has 16 heavy (non-hydrogen) atoms. The molecule has 0 spiro atoms. The number of allylic oxidation sites excluding steroid dienone is 1. The monoisotopic (exact) mass is 234 g/mol. The van der Waals surface area contributed by atoms with Gasteiger partial charge >= 0.3 is 0 Å². The van der Waals surface area contributed by atoms with Crippen molar-refractivity contribution in [3.63, 3.8) is 0 Å². The van der Waals surface area contributed by atoms with Crippen LogP contribution in [0.4, 0.5) is 0 Å². The lowest BCUT2D eigenvalue weighted by atomic mass is 10.1. The van der Waals surface area contributed by atoms with E-state index in [-0.39, 0.29) is 0 Å². The standard InChI is InChI=1S/C14H22OSi/c1-12-9-13(11-14(10-12)15-2)7-6-8-16(3,4)5/h6,8-11H,7H2,1-5H3/b8-6+. The Labute approximate surface area is 100 Å². The van der Waals surface area contributed by atoms with E-state index in [9.17, 15) is 0 Å². The van der Waals surface area contributed by atoms with Gasteiger partial charge in [0.2, 0.25) is 0 Å². The van der Waals surface area contributed by atoms with E-state index >= 15 is 0 Å². The predicted octanol–water partition coefficient (Wildman–Crippen LogP) is 3.98. The summed E-state index contributed by atoms with van der Waals surface area (Å²) >= 11 is 0. The lowest BCUT2D eigenvalue weighted by Crippen LogP contribution is -2.15. The van der Waals surface area contributed by atoms with Crippen molar-refractivity contribution in [1.82, 2.24) is 0 Å². The Kier molecular flexibility index (Phi) is 4.36. The first kappa shape index (κ1) is 13.0. The average molecular weight is 234 g/mol. The largest absolute Gasteiger partial charge is 0.497 e. The molecule has 0 saturated heterocycles. The van der Waals surface area contributed by atoms with Gasteiger partial charge in [0.05, 0.1) is 15.2 Å². The SMILES string of the molecule is COc1cc(C)cc(C/C=C/[Si](C)(C)C)c1. The van der Waals surface area contributed by atoms with Crippen molar-refractivity contribution in [1.29, 1.82) is 0 Å². The molecule has 0 atom stereocenters. The van der Waals surface area contributed by atoms with Crippen LogP contribution in [0.5, 0.6) is 5.75 Å². The molecule has 0 bridgehead atoms. The molecule has 0 aliphatic heterocycles.